The van der Waals surface area contributed by atoms with Crippen LogP contribution < -0.4 is 10.6 Å². The van der Waals surface area contributed by atoms with Crippen molar-refractivity contribution in [2.75, 3.05) is 6.54 Å². The summed E-state index contributed by atoms with van der Waals surface area (Å²) in [5.74, 6) is 0.754. The van der Waals surface area contributed by atoms with Crippen LogP contribution in [-0.2, 0) is 16.0 Å². The Morgan fingerprint density at radius 3 is 2.64 bits per heavy atom. The lowest BCUT2D eigenvalue weighted by Gasteiger charge is -2.15. The summed E-state index contributed by atoms with van der Waals surface area (Å²) in [7, 11) is 0. The molecule has 0 bridgehead atoms. The second-order valence-corrected chi connectivity index (χ2v) is 6.46. The highest BCUT2D eigenvalue weighted by Gasteiger charge is 2.38. The molecule has 0 saturated heterocycles. The van der Waals surface area contributed by atoms with Gasteiger partial charge < -0.3 is 10.6 Å². The van der Waals surface area contributed by atoms with Crippen LogP contribution in [0.15, 0.2) is 24.3 Å². The summed E-state index contributed by atoms with van der Waals surface area (Å²) in [6.45, 7) is 6.59. The highest BCUT2D eigenvalue weighted by atomic mass is 16.2. The van der Waals surface area contributed by atoms with Crippen molar-refractivity contribution in [3.8, 4) is 0 Å². The molecule has 2 rings (SSSR count). The molecule has 1 aliphatic carbocycles. The lowest BCUT2D eigenvalue weighted by molar-refractivity contribution is -0.123. The van der Waals surface area contributed by atoms with Crippen LogP contribution in [0.3, 0.4) is 0 Å². The fourth-order valence-electron chi connectivity index (χ4n) is 2.68. The number of hydrogen-bond donors (Lipinski definition) is 2. The van der Waals surface area contributed by atoms with Gasteiger partial charge in [-0.1, -0.05) is 31.2 Å². The van der Waals surface area contributed by atoms with Crippen LogP contribution in [0.1, 0.15) is 37.8 Å². The van der Waals surface area contributed by atoms with Gasteiger partial charge in [0.15, 0.2) is 0 Å². The Balaban J connectivity index is 1.66. The maximum atomic E-state index is 11.9. The van der Waals surface area contributed by atoms with E-state index in [9.17, 15) is 9.59 Å². The lowest BCUT2D eigenvalue weighted by atomic mass is 10.0. The van der Waals surface area contributed by atoms with E-state index in [4.69, 9.17) is 0 Å². The quantitative estimate of drug-likeness (QED) is 0.811. The highest BCUT2D eigenvalue weighted by Crippen LogP contribution is 2.37. The molecule has 3 atom stereocenters. The van der Waals surface area contributed by atoms with E-state index in [1.165, 1.54) is 11.1 Å². The fourth-order valence-corrected chi connectivity index (χ4v) is 2.68. The van der Waals surface area contributed by atoms with Gasteiger partial charge in [-0.05, 0) is 43.7 Å². The molecule has 1 fully saturated rings. The van der Waals surface area contributed by atoms with E-state index in [1.54, 1.807) is 0 Å². The Morgan fingerprint density at radius 1 is 1.32 bits per heavy atom. The maximum Gasteiger partial charge on any atom is 0.223 e. The third kappa shape index (κ3) is 4.86. The van der Waals surface area contributed by atoms with Crippen molar-refractivity contribution in [3.63, 3.8) is 0 Å². The van der Waals surface area contributed by atoms with Crippen molar-refractivity contribution in [3.05, 3.63) is 35.4 Å². The third-order valence-electron chi connectivity index (χ3n) is 4.29. The van der Waals surface area contributed by atoms with Crippen molar-refractivity contribution < 1.29 is 9.59 Å². The van der Waals surface area contributed by atoms with Crippen LogP contribution in [-0.4, -0.2) is 24.4 Å². The molecule has 22 heavy (non-hydrogen) atoms. The van der Waals surface area contributed by atoms with Gasteiger partial charge in [0.05, 0.1) is 0 Å². The minimum Gasteiger partial charge on any atom is -0.355 e. The third-order valence-corrected chi connectivity index (χ3v) is 4.29. The van der Waals surface area contributed by atoms with E-state index in [2.05, 4.69) is 36.6 Å². The number of carbonyl (C=O) groups excluding carboxylic acids is 2. The number of nitrogens with one attached hydrogen (secondary N) is 2. The van der Waals surface area contributed by atoms with Gasteiger partial charge in [0.2, 0.25) is 11.8 Å². The van der Waals surface area contributed by atoms with Crippen molar-refractivity contribution >= 4 is 11.8 Å². The normalized spacial score (nSPS) is 21.0. The molecule has 0 aliphatic heterocycles. The number of hydrogen-bond acceptors (Lipinski definition) is 2. The van der Waals surface area contributed by atoms with Crippen LogP contribution in [0.4, 0.5) is 0 Å². The molecule has 4 nitrogen and oxygen atoms in total. The zero-order valence-corrected chi connectivity index (χ0v) is 13.7. The SMILES string of the molecule is Cc1ccccc1C[C@H](C)NC(=O)CCNC(=O)[C@@H]1C[C@H]1C. The molecule has 1 saturated carbocycles. The second kappa shape index (κ2) is 7.43. The van der Waals surface area contributed by atoms with Crippen molar-refractivity contribution in [2.45, 2.75) is 46.1 Å². The van der Waals surface area contributed by atoms with Gasteiger partial charge in [-0.3, -0.25) is 9.59 Å². The molecule has 1 aliphatic rings. The summed E-state index contributed by atoms with van der Waals surface area (Å²) in [5.41, 5.74) is 2.50. The van der Waals surface area contributed by atoms with Crippen molar-refractivity contribution in [1.82, 2.24) is 10.6 Å². The van der Waals surface area contributed by atoms with Crippen LogP contribution >= 0.6 is 0 Å². The van der Waals surface area contributed by atoms with Gasteiger partial charge in [-0.15, -0.1) is 0 Å². The highest BCUT2D eigenvalue weighted by molar-refractivity contribution is 5.82. The summed E-state index contributed by atoms with van der Waals surface area (Å²) in [4.78, 5) is 23.6. The molecule has 0 aromatic heterocycles. The Hall–Kier alpha value is -1.84. The van der Waals surface area contributed by atoms with Gasteiger partial charge in [0, 0.05) is 24.9 Å². The first-order chi connectivity index (χ1) is 10.5. The van der Waals surface area contributed by atoms with Gasteiger partial charge >= 0.3 is 0 Å². The molecular weight excluding hydrogens is 276 g/mol. The van der Waals surface area contributed by atoms with E-state index in [-0.39, 0.29) is 23.8 Å². The average Bonchev–Trinajstić information content (AvgIpc) is 3.18. The molecule has 0 spiro atoms. The summed E-state index contributed by atoms with van der Waals surface area (Å²) < 4.78 is 0. The number of aryl methyl sites for hydroxylation is 1. The molecule has 2 N–H and O–H groups in total. The molecule has 1 aromatic carbocycles. The first kappa shape index (κ1) is 16.5. The first-order valence-corrected chi connectivity index (χ1v) is 8.09. The Labute approximate surface area is 132 Å². The minimum absolute atomic E-state index is 0.00905. The van der Waals surface area contributed by atoms with E-state index < -0.39 is 0 Å². The molecule has 0 heterocycles. The molecular formula is C18H26N2O2. The molecule has 120 valence electrons. The standard InChI is InChI=1S/C18H26N2O2/c1-12-6-4-5-7-15(12)11-14(3)20-17(21)8-9-19-18(22)16-10-13(16)2/h4-7,13-14,16H,8-11H2,1-3H3,(H,19,22)(H,20,21)/t13-,14+,16-/m1/s1. The van der Waals surface area contributed by atoms with E-state index in [1.807, 2.05) is 19.1 Å². The van der Waals surface area contributed by atoms with Gasteiger partial charge in [0.1, 0.15) is 0 Å². The van der Waals surface area contributed by atoms with Crippen LogP contribution in [0.2, 0.25) is 0 Å². The first-order valence-electron chi connectivity index (χ1n) is 8.09. The molecule has 0 radical (unpaired) electrons. The monoisotopic (exact) mass is 302 g/mol. The topological polar surface area (TPSA) is 58.2 Å². The average molecular weight is 302 g/mol. The Kier molecular flexibility index (Phi) is 5.58. The van der Waals surface area contributed by atoms with E-state index in [0.29, 0.717) is 18.9 Å². The summed E-state index contributed by atoms with van der Waals surface area (Å²) in [6, 6.07) is 8.30. The number of benzene rings is 1. The van der Waals surface area contributed by atoms with E-state index in [0.717, 1.165) is 12.8 Å². The molecule has 1 aromatic rings. The molecule has 4 heteroatoms. The zero-order chi connectivity index (χ0) is 16.1. The van der Waals surface area contributed by atoms with Crippen LogP contribution in [0.25, 0.3) is 0 Å². The van der Waals surface area contributed by atoms with Crippen molar-refractivity contribution in [2.24, 2.45) is 11.8 Å². The summed E-state index contributed by atoms with van der Waals surface area (Å²) >= 11 is 0. The lowest BCUT2D eigenvalue weighted by Crippen LogP contribution is -2.37. The maximum absolute atomic E-state index is 11.9. The smallest absolute Gasteiger partial charge is 0.223 e. The molecule has 0 unspecified atom stereocenters. The Bertz CT molecular complexity index is 542. The fraction of sp³-hybridized carbons (Fsp3) is 0.556. The number of amides is 2. The predicted molar refractivity (Wildman–Crippen MR) is 87.4 cm³/mol. The van der Waals surface area contributed by atoms with Crippen LogP contribution in [0, 0.1) is 18.8 Å². The number of carbonyl (C=O) groups is 2. The van der Waals surface area contributed by atoms with Crippen molar-refractivity contribution in [1.29, 1.82) is 0 Å². The zero-order valence-electron chi connectivity index (χ0n) is 13.7. The summed E-state index contributed by atoms with van der Waals surface area (Å²) in [5, 5.41) is 5.83. The van der Waals surface area contributed by atoms with Gasteiger partial charge in [-0.25, -0.2) is 0 Å². The predicted octanol–water partition coefficient (Wildman–Crippen LogP) is 2.20. The van der Waals surface area contributed by atoms with E-state index >= 15 is 0 Å². The molecule has 2 amide bonds. The second-order valence-electron chi connectivity index (χ2n) is 6.46. The van der Waals surface area contributed by atoms with Gasteiger partial charge in [0.25, 0.3) is 0 Å². The Morgan fingerprint density at radius 2 is 2.00 bits per heavy atom. The number of rotatable bonds is 7. The summed E-state index contributed by atoms with van der Waals surface area (Å²) in [6.07, 6.45) is 2.14. The minimum atomic E-state index is -0.00905. The van der Waals surface area contributed by atoms with Crippen LogP contribution in [0.5, 0.6) is 0 Å². The van der Waals surface area contributed by atoms with Gasteiger partial charge in [-0.2, -0.15) is 0 Å². The largest absolute Gasteiger partial charge is 0.355 e.